The molecule has 1 aromatic carbocycles. The molecule has 0 amide bonds. The summed E-state index contributed by atoms with van der Waals surface area (Å²) in [6.45, 7) is 9.05. The van der Waals surface area contributed by atoms with Gasteiger partial charge in [0.1, 0.15) is 4.88 Å². The third kappa shape index (κ3) is 4.53. The molecule has 2 aliphatic rings. The van der Waals surface area contributed by atoms with Crippen molar-refractivity contribution >= 4 is 22.9 Å². The zero-order chi connectivity index (χ0) is 20.9. The van der Waals surface area contributed by atoms with Crippen LogP contribution in [0.5, 0.6) is 0 Å². The van der Waals surface area contributed by atoms with E-state index in [-0.39, 0.29) is 5.97 Å². The van der Waals surface area contributed by atoms with Gasteiger partial charge in [0.2, 0.25) is 0 Å². The van der Waals surface area contributed by atoms with E-state index in [0.717, 1.165) is 63.4 Å². The minimum absolute atomic E-state index is 0.195. The Morgan fingerprint density at radius 2 is 1.83 bits per heavy atom. The maximum Gasteiger partial charge on any atom is 0.348 e. The molecule has 0 unspecified atom stereocenters. The van der Waals surface area contributed by atoms with Crippen LogP contribution < -0.4 is 0 Å². The fourth-order valence-electron chi connectivity index (χ4n) is 4.52. The van der Waals surface area contributed by atoms with E-state index in [1.165, 1.54) is 32.7 Å². The van der Waals surface area contributed by atoms with Gasteiger partial charge in [0.25, 0.3) is 0 Å². The number of aryl methyl sites for hydroxylation is 2. The number of likely N-dealkylation sites (tertiary alicyclic amines) is 1. The lowest BCUT2D eigenvalue weighted by Gasteiger charge is -2.30. The molecule has 0 bridgehead atoms. The first kappa shape index (κ1) is 21.3. The summed E-state index contributed by atoms with van der Waals surface area (Å²) in [4.78, 5) is 16.9. The van der Waals surface area contributed by atoms with Crippen molar-refractivity contribution in [3.05, 3.63) is 62.3 Å². The number of benzene rings is 1. The molecule has 4 nitrogen and oxygen atoms in total. The highest BCUT2D eigenvalue weighted by atomic mass is 32.1. The summed E-state index contributed by atoms with van der Waals surface area (Å²) in [6, 6.07) is 10.9. The number of carbonyl (C=O) groups is 1. The van der Waals surface area contributed by atoms with Crippen LogP contribution in [0.15, 0.2) is 35.9 Å². The molecule has 1 aliphatic heterocycles. The van der Waals surface area contributed by atoms with Crippen molar-refractivity contribution in [1.29, 1.82) is 0 Å². The average Bonchev–Trinajstić information content (AvgIpc) is 3.12. The standard InChI is InChI=1S/C25H31NO3S/c1-3-28-16-15-26-13-11-19(12-14-26)24-20-8-6-5-7-18(20)9-10-22-21(24)17-23(30-22)25(27)29-4-2/h5-8,17H,3-4,9-16H2,1-2H3. The van der Waals surface area contributed by atoms with E-state index in [0.29, 0.717) is 6.61 Å². The van der Waals surface area contributed by atoms with E-state index in [9.17, 15) is 4.79 Å². The number of hydrogen-bond acceptors (Lipinski definition) is 5. The molecule has 0 radical (unpaired) electrons. The fourth-order valence-corrected chi connectivity index (χ4v) is 5.58. The third-order valence-corrected chi connectivity index (χ3v) is 7.21. The highest BCUT2D eigenvalue weighted by molar-refractivity contribution is 7.14. The highest BCUT2D eigenvalue weighted by Gasteiger charge is 2.27. The van der Waals surface area contributed by atoms with Crippen LogP contribution >= 0.6 is 11.3 Å². The number of carbonyl (C=O) groups excluding carboxylic acids is 1. The predicted octanol–water partition coefficient (Wildman–Crippen LogP) is 4.96. The highest BCUT2D eigenvalue weighted by Crippen LogP contribution is 2.41. The molecule has 30 heavy (non-hydrogen) atoms. The van der Waals surface area contributed by atoms with Gasteiger partial charge in [0.15, 0.2) is 0 Å². The lowest BCUT2D eigenvalue weighted by molar-refractivity contribution is 0.0532. The quantitative estimate of drug-likeness (QED) is 0.484. The minimum Gasteiger partial charge on any atom is -0.462 e. The van der Waals surface area contributed by atoms with Crippen LogP contribution in [0.4, 0.5) is 0 Å². The molecule has 1 aromatic heterocycles. The Labute approximate surface area is 183 Å². The summed E-state index contributed by atoms with van der Waals surface area (Å²) >= 11 is 1.61. The molecule has 0 atom stereocenters. The van der Waals surface area contributed by atoms with Crippen molar-refractivity contribution in [1.82, 2.24) is 4.90 Å². The van der Waals surface area contributed by atoms with Gasteiger partial charge in [-0.05, 0) is 67.9 Å². The van der Waals surface area contributed by atoms with Crippen LogP contribution in [0.2, 0.25) is 0 Å². The molecule has 2 heterocycles. The van der Waals surface area contributed by atoms with E-state index in [4.69, 9.17) is 9.47 Å². The number of esters is 1. The molecule has 1 aliphatic carbocycles. The minimum atomic E-state index is -0.195. The second-order valence-corrected chi connectivity index (χ2v) is 8.98. The number of ether oxygens (including phenoxy) is 2. The Morgan fingerprint density at radius 1 is 1.03 bits per heavy atom. The Morgan fingerprint density at radius 3 is 2.60 bits per heavy atom. The molecular weight excluding hydrogens is 394 g/mol. The maximum atomic E-state index is 12.4. The van der Waals surface area contributed by atoms with E-state index in [1.807, 2.05) is 13.8 Å². The van der Waals surface area contributed by atoms with E-state index in [2.05, 4.69) is 35.2 Å². The topological polar surface area (TPSA) is 38.8 Å². The summed E-state index contributed by atoms with van der Waals surface area (Å²) in [5.41, 5.74) is 6.91. The van der Waals surface area contributed by atoms with Gasteiger partial charge in [0, 0.05) is 31.1 Å². The molecule has 160 valence electrons. The van der Waals surface area contributed by atoms with Gasteiger partial charge in [-0.2, -0.15) is 0 Å². The van der Waals surface area contributed by atoms with Crippen LogP contribution in [0.25, 0.3) is 5.57 Å². The van der Waals surface area contributed by atoms with E-state index < -0.39 is 0 Å². The lowest BCUT2D eigenvalue weighted by atomic mass is 9.87. The number of piperidine rings is 1. The monoisotopic (exact) mass is 425 g/mol. The molecule has 1 fully saturated rings. The summed E-state index contributed by atoms with van der Waals surface area (Å²) in [6.07, 6.45) is 4.14. The van der Waals surface area contributed by atoms with Crippen LogP contribution in [-0.4, -0.2) is 50.3 Å². The Bertz CT molecular complexity index is 920. The zero-order valence-electron chi connectivity index (χ0n) is 18.0. The van der Waals surface area contributed by atoms with Gasteiger partial charge >= 0.3 is 5.97 Å². The van der Waals surface area contributed by atoms with Crippen molar-refractivity contribution in [3.8, 4) is 0 Å². The van der Waals surface area contributed by atoms with Gasteiger partial charge in [-0.3, -0.25) is 0 Å². The van der Waals surface area contributed by atoms with Crippen LogP contribution in [0.1, 0.15) is 57.9 Å². The molecular formula is C25H31NO3S. The Kier molecular flexibility index (Phi) is 7.03. The van der Waals surface area contributed by atoms with Crippen LogP contribution in [0, 0.1) is 0 Å². The Balaban J connectivity index is 1.68. The first-order valence-electron chi connectivity index (χ1n) is 11.1. The number of nitrogens with zero attached hydrogens (tertiary/aromatic N) is 1. The number of thiophene rings is 1. The second-order valence-electron chi connectivity index (χ2n) is 7.84. The lowest BCUT2D eigenvalue weighted by Crippen LogP contribution is -2.33. The van der Waals surface area contributed by atoms with Crippen molar-refractivity contribution < 1.29 is 14.3 Å². The predicted molar refractivity (Wildman–Crippen MR) is 122 cm³/mol. The zero-order valence-corrected chi connectivity index (χ0v) is 18.9. The van der Waals surface area contributed by atoms with Crippen molar-refractivity contribution in [3.63, 3.8) is 0 Å². The second kappa shape index (κ2) is 9.90. The Hall–Kier alpha value is -1.95. The first-order valence-corrected chi connectivity index (χ1v) is 11.9. The van der Waals surface area contributed by atoms with Crippen molar-refractivity contribution in [2.75, 3.05) is 39.5 Å². The van der Waals surface area contributed by atoms with Crippen molar-refractivity contribution in [2.24, 2.45) is 0 Å². The average molecular weight is 426 g/mol. The largest absolute Gasteiger partial charge is 0.462 e. The number of hydrogen-bond donors (Lipinski definition) is 0. The molecule has 0 spiro atoms. The molecule has 4 rings (SSSR count). The molecule has 5 heteroatoms. The normalized spacial score (nSPS) is 16.7. The van der Waals surface area contributed by atoms with Crippen LogP contribution in [0.3, 0.4) is 0 Å². The number of fused-ring (bicyclic) bond motifs is 2. The number of rotatable bonds is 6. The molecule has 0 N–H and O–H groups in total. The smallest absolute Gasteiger partial charge is 0.348 e. The summed E-state index contributed by atoms with van der Waals surface area (Å²) in [7, 11) is 0. The SMILES string of the molecule is CCOCCN1CCC(=C2c3ccccc3CCc3sc(C(=O)OCC)cc32)CC1. The van der Waals surface area contributed by atoms with Gasteiger partial charge in [0.05, 0.1) is 13.2 Å². The van der Waals surface area contributed by atoms with E-state index >= 15 is 0 Å². The van der Waals surface area contributed by atoms with Gasteiger partial charge in [-0.1, -0.05) is 29.8 Å². The summed E-state index contributed by atoms with van der Waals surface area (Å²) < 4.78 is 10.8. The first-order chi connectivity index (χ1) is 14.7. The summed E-state index contributed by atoms with van der Waals surface area (Å²) in [5.74, 6) is -0.195. The molecule has 1 saturated heterocycles. The van der Waals surface area contributed by atoms with Crippen molar-refractivity contribution in [2.45, 2.75) is 39.5 Å². The van der Waals surface area contributed by atoms with Gasteiger partial charge in [-0.25, -0.2) is 4.79 Å². The van der Waals surface area contributed by atoms with E-state index in [1.54, 1.807) is 11.3 Å². The third-order valence-electron chi connectivity index (χ3n) is 6.03. The molecule has 2 aromatic rings. The van der Waals surface area contributed by atoms with Crippen LogP contribution in [-0.2, 0) is 22.3 Å². The van der Waals surface area contributed by atoms with Gasteiger partial charge in [-0.15, -0.1) is 11.3 Å². The maximum absolute atomic E-state index is 12.4. The molecule has 0 saturated carbocycles. The summed E-state index contributed by atoms with van der Waals surface area (Å²) in [5, 5.41) is 0. The fraction of sp³-hybridized carbons (Fsp3) is 0.480. The van der Waals surface area contributed by atoms with Gasteiger partial charge < -0.3 is 14.4 Å².